The molecule has 1 saturated heterocycles. The van der Waals surface area contributed by atoms with Gasteiger partial charge in [0.05, 0.1) is 11.9 Å². The van der Waals surface area contributed by atoms with Crippen LogP contribution in [0.4, 0.5) is 11.6 Å². The molecule has 2 aromatic heterocycles. The molecule has 210 valence electrons. The number of carbonyl (C=O) groups excluding carboxylic acids is 1. The van der Waals surface area contributed by atoms with Crippen molar-refractivity contribution in [2.24, 2.45) is 0 Å². The topological polar surface area (TPSA) is 139 Å². The maximum Gasteiger partial charge on any atom is 0.322 e. The van der Waals surface area contributed by atoms with Gasteiger partial charge < -0.3 is 5.11 Å². The van der Waals surface area contributed by atoms with Crippen molar-refractivity contribution in [3.8, 4) is 11.1 Å². The van der Waals surface area contributed by atoms with Crippen LogP contribution in [0.5, 0.6) is 0 Å². The second-order valence-electron chi connectivity index (χ2n) is 10.4. The van der Waals surface area contributed by atoms with Gasteiger partial charge in [0.2, 0.25) is 5.95 Å². The molecule has 2 aliphatic heterocycles. The third-order valence-corrected chi connectivity index (χ3v) is 10.1. The van der Waals surface area contributed by atoms with Crippen molar-refractivity contribution in [2.45, 2.75) is 43.3 Å². The van der Waals surface area contributed by atoms with Crippen LogP contribution in [0.2, 0.25) is 0 Å². The highest BCUT2D eigenvalue weighted by atomic mass is 127. The van der Waals surface area contributed by atoms with Gasteiger partial charge in [-0.05, 0) is 77.7 Å². The van der Waals surface area contributed by atoms with Crippen molar-refractivity contribution in [1.29, 1.82) is 0 Å². The predicted molar refractivity (Wildman–Crippen MR) is 158 cm³/mol. The molecule has 41 heavy (non-hydrogen) atoms. The molecular weight excluding hydrogens is 659 g/mol. The summed E-state index contributed by atoms with van der Waals surface area (Å²) in [6.45, 7) is 3.70. The van der Waals surface area contributed by atoms with E-state index in [-0.39, 0.29) is 36.3 Å². The van der Waals surface area contributed by atoms with Crippen LogP contribution in [0, 0.1) is 10.5 Å². The van der Waals surface area contributed by atoms with Crippen molar-refractivity contribution >= 4 is 56.1 Å². The standard InChI is InChI=1S/C28H25IN6O5S/c1-17-9-21(29)11-22(10-17)34-26(38)28(2,12-18-3-5-19(6-4-18)20-13-30-16-31-14-20)35-24(15-32-27(34)35)41(39,40)33-8-7-23(33)25(36)37/h3-6,9-11,13-16,23H,7-8,12H2,1-2H3,(H,36,37)/t23-,28+/m0/s1. The molecule has 0 saturated carbocycles. The second-order valence-corrected chi connectivity index (χ2v) is 13.5. The number of carboxylic acids is 1. The number of aryl methyl sites for hydroxylation is 1. The molecule has 0 unspecified atom stereocenters. The minimum atomic E-state index is -4.27. The molecule has 4 heterocycles. The highest BCUT2D eigenvalue weighted by Gasteiger charge is 2.54. The van der Waals surface area contributed by atoms with E-state index in [1.54, 1.807) is 19.3 Å². The molecule has 13 heteroatoms. The first-order valence-corrected chi connectivity index (χ1v) is 15.3. The van der Waals surface area contributed by atoms with Crippen molar-refractivity contribution in [1.82, 2.24) is 23.8 Å². The van der Waals surface area contributed by atoms with Gasteiger partial charge in [-0.2, -0.15) is 4.31 Å². The lowest BCUT2D eigenvalue weighted by atomic mass is 9.91. The fraction of sp³-hybridized carbons (Fsp3) is 0.250. The Morgan fingerprint density at radius 1 is 1.10 bits per heavy atom. The van der Waals surface area contributed by atoms with Gasteiger partial charge in [-0.3, -0.25) is 14.2 Å². The average Bonchev–Trinajstić information content (AvgIpc) is 3.42. The van der Waals surface area contributed by atoms with Crippen molar-refractivity contribution in [2.75, 3.05) is 11.4 Å². The molecule has 0 radical (unpaired) electrons. The fourth-order valence-electron chi connectivity index (χ4n) is 5.47. The molecule has 0 bridgehead atoms. The Labute approximate surface area is 250 Å². The summed E-state index contributed by atoms with van der Waals surface area (Å²) in [7, 11) is -4.27. The predicted octanol–water partition coefficient (Wildman–Crippen LogP) is 3.74. The van der Waals surface area contributed by atoms with Gasteiger partial charge in [0.1, 0.15) is 17.9 Å². The third-order valence-electron chi connectivity index (χ3n) is 7.58. The molecular formula is C28H25IN6O5S. The molecule has 0 aliphatic carbocycles. The molecule has 6 rings (SSSR count). The Morgan fingerprint density at radius 2 is 1.80 bits per heavy atom. The maximum atomic E-state index is 14.3. The number of hydrogen-bond donors (Lipinski definition) is 1. The van der Waals surface area contributed by atoms with Crippen LogP contribution in [0.3, 0.4) is 0 Å². The highest BCUT2D eigenvalue weighted by Crippen LogP contribution is 2.45. The van der Waals surface area contributed by atoms with E-state index >= 15 is 0 Å². The zero-order valence-corrected chi connectivity index (χ0v) is 25.1. The van der Waals surface area contributed by atoms with Gasteiger partial charge in [0.15, 0.2) is 5.03 Å². The minimum Gasteiger partial charge on any atom is -0.480 e. The minimum absolute atomic E-state index is 0.0783. The summed E-state index contributed by atoms with van der Waals surface area (Å²) in [5.74, 6) is -1.37. The van der Waals surface area contributed by atoms with Crippen LogP contribution in [0.15, 0.2) is 72.4 Å². The number of aromatic nitrogens is 4. The first-order chi connectivity index (χ1) is 19.5. The lowest BCUT2D eigenvalue weighted by Crippen LogP contribution is -2.55. The summed E-state index contributed by atoms with van der Waals surface area (Å²) in [6.07, 6.45) is 6.49. The molecule has 0 spiro atoms. The molecule has 11 nitrogen and oxygen atoms in total. The number of benzene rings is 2. The number of rotatable bonds is 7. The summed E-state index contributed by atoms with van der Waals surface area (Å²) in [6, 6.07) is 12.1. The summed E-state index contributed by atoms with van der Waals surface area (Å²) in [5.41, 5.74) is 2.69. The number of carboxylic acid groups (broad SMARTS) is 1. The van der Waals surface area contributed by atoms with Gasteiger partial charge in [-0.15, -0.1) is 0 Å². The highest BCUT2D eigenvalue weighted by molar-refractivity contribution is 14.1. The number of halogens is 1. The zero-order valence-electron chi connectivity index (χ0n) is 22.1. The van der Waals surface area contributed by atoms with Crippen LogP contribution < -0.4 is 4.90 Å². The number of nitrogens with zero attached hydrogens (tertiary/aromatic N) is 6. The monoisotopic (exact) mass is 684 g/mol. The van der Waals surface area contributed by atoms with Gasteiger partial charge in [-0.1, -0.05) is 24.3 Å². The summed E-state index contributed by atoms with van der Waals surface area (Å²) in [4.78, 5) is 40.0. The smallest absolute Gasteiger partial charge is 0.322 e. The zero-order chi connectivity index (χ0) is 29.1. The number of sulfonamides is 1. The van der Waals surface area contributed by atoms with Crippen LogP contribution in [-0.4, -0.2) is 61.8 Å². The third kappa shape index (κ3) is 4.51. The van der Waals surface area contributed by atoms with Gasteiger partial charge in [0.25, 0.3) is 15.9 Å². The fourth-order valence-corrected chi connectivity index (χ4v) is 8.10. The molecule has 2 aromatic carbocycles. The number of amides is 1. The summed E-state index contributed by atoms with van der Waals surface area (Å²) in [5, 5.41) is 9.33. The first kappa shape index (κ1) is 27.5. The normalized spacial score (nSPS) is 20.6. The Balaban J connectivity index is 1.46. The molecule has 4 aromatic rings. The van der Waals surface area contributed by atoms with E-state index in [4.69, 9.17) is 0 Å². The second kappa shape index (κ2) is 9.99. The Morgan fingerprint density at radius 3 is 2.41 bits per heavy atom. The Bertz CT molecular complexity index is 1770. The Kier molecular flexibility index (Phi) is 6.70. The van der Waals surface area contributed by atoms with E-state index in [2.05, 4.69) is 37.5 Å². The number of hydrogen-bond acceptors (Lipinski definition) is 7. The molecule has 2 atom stereocenters. The van der Waals surface area contributed by atoms with Crippen LogP contribution in [-0.2, 0) is 31.6 Å². The van der Waals surface area contributed by atoms with Crippen molar-refractivity contribution in [3.63, 3.8) is 0 Å². The maximum absolute atomic E-state index is 14.3. The number of fused-ring (bicyclic) bond motifs is 1. The lowest BCUT2D eigenvalue weighted by Gasteiger charge is -2.37. The van der Waals surface area contributed by atoms with Crippen LogP contribution >= 0.6 is 22.6 Å². The number of imidazole rings is 1. The van der Waals surface area contributed by atoms with Crippen LogP contribution in [0.25, 0.3) is 11.1 Å². The number of anilines is 2. The number of carbonyl (C=O) groups is 2. The van der Waals surface area contributed by atoms with E-state index in [1.807, 2.05) is 49.4 Å². The summed E-state index contributed by atoms with van der Waals surface area (Å²) < 4.78 is 30.9. The van der Waals surface area contributed by atoms with E-state index in [0.29, 0.717) is 5.69 Å². The van der Waals surface area contributed by atoms with E-state index in [0.717, 1.165) is 30.1 Å². The SMILES string of the molecule is Cc1cc(I)cc(N2C(=O)[C@@](C)(Cc3ccc(-c4cncnc4)cc3)n3c(S(=O)(=O)N4CC[C@H]4C(=O)O)cnc32)c1. The van der Waals surface area contributed by atoms with Gasteiger partial charge >= 0.3 is 5.97 Å². The van der Waals surface area contributed by atoms with Crippen molar-refractivity contribution < 1.29 is 23.1 Å². The quantitative estimate of drug-likeness (QED) is 0.291. The van der Waals surface area contributed by atoms with Crippen molar-refractivity contribution in [3.05, 3.63) is 82.1 Å². The van der Waals surface area contributed by atoms with Crippen LogP contribution in [0.1, 0.15) is 24.5 Å². The molecule has 1 N–H and O–H groups in total. The Hall–Kier alpha value is -3.69. The molecule has 1 fully saturated rings. The van der Waals surface area contributed by atoms with E-state index < -0.39 is 27.6 Å². The molecule has 1 amide bonds. The number of aliphatic carboxylic acids is 1. The first-order valence-electron chi connectivity index (χ1n) is 12.8. The summed E-state index contributed by atoms with van der Waals surface area (Å²) >= 11 is 2.17. The van der Waals surface area contributed by atoms with Gasteiger partial charge in [-0.25, -0.2) is 28.3 Å². The van der Waals surface area contributed by atoms with E-state index in [9.17, 15) is 23.1 Å². The lowest BCUT2D eigenvalue weighted by molar-refractivity contribution is -0.144. The largest absolute Gasteiger partial charge is 0.480 e. The average molecular weight is 685 g/mol. The van der Waals surface area contributed by atoms with Gasteiger partial charge in [0, 0.05) is 34.5 Å². The van der Waals surface area contributed by atoms with E-state index in [1.165, 1.54) is 22.0 Å². The molecule has 2 aliphatic rings.